The van der Waals surface area contributed by atoms with Gasteiger partial charge in [0.1, 0.15) is 5.82 Å². The van der Waals surface area contributed by atoms with Crippen molar-refractivity contribution in [3.05, 3.63) is 34.6 Å². The molecule has 0 aromatic heterocycles. The summed E-state index contributed by atoms with van der Waals surface area (Å²) in [4.78, 5) is 27.9. The third kappa shape index (κ3) is 3.89. The minimum absolute atomic E-state index is 0.0255. The van der Waals surface area contributed by atoms with Crippen LogP contribution in [0.1, 0.15) is 29.6 Å². The zero-order chi connectivity index (χ0) is 18.0. The molecular weight excluding hydrogens is 345 g/mol. The summed E-state index contributed by atoms with van der Waals surface area (Å²) in [6, 6.07) is 3.86. The van der Waals surface area contributed by atoms with Gasteiger partial charge in [0.05, 0.1) is 10.6 Å². The van der Waals surface area contributed by atoms with Gasteiger partial charge in [-0.1, -0.05) is 11.6 Å². The normalized spacial score (nSPS) is 21.5. The average molecular weight is 368 g/mol. The van der Waals surface area contributed by atoms with E-state index in [1.54, 1.807) is 11.9 Å². The fourth-order valence-corrected chi connectivity index (χ4v) is 4.12. The smallest absolute Gasteiger partial charge is 0.317 e. The van der Waals surface area contributed by atoms with Gasteiger partial charge in [0.25, 0.3) is 5.91 Å². The maximum absolute atomic E-state index is 13.4. The lowest BCUT2D eigenvalue weighted by atomic mass is 9.84. The molecule has 1 N–H and O–H groups in total. The maximum Gasteiger partial charge on any atom is 0.317 e. The molecule has 0 saturated carbocycles. The van der Waals surface area contributed by atoms with Crippen molar-refractivity contribution < 1.29 is 14.0 Å². The van der Waals surface area contributed by atoms with Gasteiger partial charge in [-0.05, 0) is 49.3 Å². The van der Waals surface area contributed by atoms with E-state index in [1.807, 2.05) is 4.90 Å². The molecule has 1 aromatic carbocycles. The van der Waals surface area contributed by atoms with Gasteiger partial charge in [0, 0.05) is 33.2 Å². The Morgan fingerprint density at radius 3 is 2.44 bits per heavy atom. The van der Waals surface area contributed by atoms with Gasteiger partial charge in [0.15, 0.2) is 0 Å². The van der Waals surface area contributed by atoms with Gasteiger partial charge < -0.3 is 15.1 Å². The molecular formula is C18H23ClFN3O2. The van der Waals surface area contributed by atoms with Crippen LogP contribution in [0.2, 0.25) is 5.02 Å². The Hall–Kier alpha value is -1.82. The van der Waals surface area contributed by atoms with E-state index in [-0.39, 0.29) is 22.5 Å². The SMILES string of the molecule is CNC(=O)N1CCC(C2CCN(C(=O)c3cc(F)ccc3Cl)C2)CC1. The number of hydrogen-bond acceptors (Lipinski definition) is 2. The Morgan fingerprint density at radius 2 is 1.76 bits per heavy atom. The molecule has 1 atom stereocenters. The van der Waals surface area contributed by atoms with Crippen molar-refractivity contribution in [3.63, 3.8) is 0 Å². The number of nitrogens with zero attached hydrogens (tertiary/aromatic N) is 2. The molecule has 0 aliphatic carbocycles. The van der Waals surface area contributed by atoms with Gasteiger partial charge >= 0.3 is 6.03 Å². The molecule has 0 spiro atoms. The summed E-state index contributed by atoms with van der Waals surface area (Å²) < 4.78 is 13.4. The highest BCUT2D eigenvalue weighted by Crippen LogP contribution is 2.33. The molecule has 2 aliphatic heterocycles. The number of benzene rings is 1. The number of likely N-dealkylation sites (tertiary alicyclic amines) is 2. The highest BCUT2D eigenvalue weighted by Gasteiger charge is 2.35. The minimum Gasteiger partial charge on any atom is -0.341 e. The van der Waals surface area contributed by atoms with Crippen LogP contribution < -0.4 is 5.32 Å². The second kappa shape index (κ2) is 7.60. The van der Waals surface area contributed by atoms with Crippen LogP contribution >= 0.6 is 11.6 Å². The number of piperidine rings is 1. The topological polar surface area (TPSA) is 52.7 Å². The van der Waals surface area contributed by atoms with Crippen molar-refractivity contribution in [2.45, 2.75) is 19.3 Å². The van der Waals surface area contributed by atoms with Crippen molar-refractivity contribution >= 4 is 23.5 Å². The third-order valence-corrected chi connectivity index (χ3v) is 5.71. The largest absolute Gasteiger partial charge is 0.341 e. The molecule has 1 aromatic rings. The summed E-state index contributed by atoms with van der Waals surface area (Å²) in [5.41, 5.74) is 0.233. The zero-order valence-corrected chi connectivity index (χ0v) is 15.1. The van der Waals surface area contributed by atoms with Gasteiger partial charge in [-0.15, -0.1) is 0 Å². The first-order chi connectivity index (χ1) is 12.0. The molecule has 2 heterocycles. The Morgan fingerprint density at radius 1 is 1.12 bits per heavy atom. The third-order valence-electron chi connectivity index (χ3n) is 5.38. The number of carbonyl (C=O) groups excluding carboxylic acids is 2. The standard InChI is InChI=1S/C18H23ClFN3O2/c1-21-18(25)22-7-4-12(5-8-22)13-6-9-23(11-13)17(24)15-10-14(20)2-3-16(15)19/h2-3,10,12-13H,4-9,11H2,1H3,(H,21,25). The predicted molar refractivity (Wildman–Crippen MR) is 94.2 cm³/mol. The van der Waals surface area contributed by atoms with E-state index in [0.717, 1.165) is 32.4 Å². The summed E-state index contributed by atoms with van der Waals surface area (Å²) >= 11 is 6.06. The number of rotatable bonds is 2. The van der Waals surface area contributed by atoms with E-state index in [0.29, 0.717) is 24.9 Å². The average Bonchev–Trinajstić information content (AvgIpc) is 3.12. The first-order valence-electron chi connectivity index (χ1n) is 8.70. The quantitative estimate of drug-likeness (QED) is 0.873. The number of amides is 3. The molecule has 3 amide bonds. The summed E-state index contributed by atoms with van der Waals surface area (Å²) in [5.74, 6) is 0.296. The summed E-state index contributed by atoms with van der Waals surface area (Å²) in [7, 11) is 1.65. The summed E-state index contributed by atoms with van der Waals surface area (Å²) in [5, 5.41) is 2.95. The summed E-state index contributed by atoms with van der Waals surface area (Å²) in [6.45, 7) is 2.86. The summed E-state index contributed by atoms with van der Waals surface area (Å²) in [6.07, 6.45) is 2.87. The zero-order valence-electron chi connectivity index (χ0n) is 14.3. The van der Waals surface area contributed by atoms with Gasteiger partial charge in [-0.25, -0.2) is 9.18 Å². The molecule has 25 heavy (non-hydrogen) atoms. The molecule has 0 bridgehead atoms. The maximum atomic E-state index is 13.4. The van der Waals surface area contributed by atoms with Crippen LogP contribution in [0.3, 0.4) is 0 Å². The number of hydrogen-bond donors (Lipinski definition) is 1. The molecule has 5 nitrogen and oxygen atoms in total. The van der Waals surface area contributed by atoms with Crippen molar-refractivity contribution in [3.8, 4) is 0 Å². The van der Waals surface area contributed by atoms with Gasteiger partial charge in [-0.3, -0.25) is 4.79 Å². The molecule has 2 aliphatic rings. The molecule has 0 radical (unpaired) electrons. The highest BCUT2D eigenvalue weighted by molar-refractivity contribution is 6.33. The van der Waals surface area contributed by atoms with E-state index >= 15 is 0 Å². The lowest BCUT2D eigenvalue weighted by Crippen LogP contribution is -2.44. The van der Waals surface area contributed by atoms with Gasteiger partial charge in [0.2, 0.25) is 0 Å². The van der Waals surface area contributed by atoms with Crippen LogP contribution in [-0.4, -0.2) is 55.0 Å². The molecule has 1 unspecified atom stereocenters. The molecule has 2 fully saturated rings. The Labute approximate surface area is 152 Å². The van der Waals surface area contributed by atoms with Gasteiger partial charge in [-0.2, -0.15) is 0 Å². The monoisotopic (exact) mass is 367 g/mol. The van der Waals surface area contributed by atoms with Crippen LogP contribution in [0.25, 0.3) is 0 Å². The van der Waals surface area contributed by atoms with Crippen LogP contribution in [0.5, 0.6) is 0 Å². The number of urea groups is 1. The lowest BCUT2D eigenvalue weighted by Gasteiger charge is -2.34. The Kier molecular flexibility index (Phi) is 5.47. The fraction of sp³-hybridized carbons (Fsp3) is 0.556. The Balaban J connectivity index is 1.58. The van der Waals surface area contributed by atoms with E-state index in [2.05, 4.69) is 5.32 Å². The van der Waals surface area contributed by atoms with Crippen molar-refractivity contribution in [2.24, 2.45) is 11.8 Å². The first kappa shape index (κ1) is 18.0. The van der Waals surface area contributed by atoms with Crippen LogP contribution in [0.15, 0.2) is 18.2 Å². The second-order valence-electron chi connectivity index (χ2n) is 6.80. The van der Waals surface area contributed by atoms with Crippen LogP contribution in [0.4, 0.5) is 9.18 Å². The predicted octanol–water partition coefficient (Wildman–Crippen LogP) is 2.99. The van der Waals surface area contributed by atoms with Crippen molar-refractivity contribution in [2.75, 3.05) is 33.2 Å². The number of halogens is 2. The molecule has 7 heteroatoms. The molecule has 2 saturated heterocycles. The second-order valence-corrected chi connectivity index (χ2v) is 7.21. The van der Waals surface area contributed by atoms with Crippen molar-refractivity contribution in [1.82, 2.24) is 15.1 Å². The number of nitrogens with one attached hydrogen (secondary N) is 1. The number of carbonyl (C=O) groups is 2. The first-order valence-corrected chi connectivity index (χ1v) is 9.08. The molecule has 3 rings (SSSR count). The molecule has 136 valence electrons. The van der Waals surface area contributed by atoms with Crippen LogP contribution in [0, 0.1) is 17.7 Å². The van der Waals surface area contributed by atoms with E-state index < -0.39 is 5.82 Å². The lowest BCUT2D eigenvalue weighted by molar-refractivity contribution is 0.0776. The Bertz CT molecular complexity index is 662. The minimum atomic E-state index is -0.454. The van der Waals surface area contributed by atoms with E-state index in [9.17, 15) is 14.0 Å². The highest BCUT2D eigenvalue weighted by atomic mass is 35.5. The van der Waals surface area contributed by atoms with E-state index in [4.69, 9.17) is 11.6 Å². The van der Waals surface area contributed by atoms with Crippen molar-refractivity contribution in [1.29, 1.82) is 0 Å². The fourth-order valence-electron chi connectivity index (χ4n) is 3.92. The van der Waals surface area contributed by atoms with Crippen LogP contribution in [-0.2, 0) is 0 Å². The van der Waals surface area contributed by atoms with E-state index in [1.165, 1.54) is 18.2 Å².